The molecule has 0 unspecified atom stereocenters. The Morgan fingerprint density at radius 3 is 2.53 bits per heavy atom. The minimum Gasteiger partial charge on any atom is -0.496 e. The van der Waals surface area contributed by atoms with E-state index in [1.807, 2.05) is 39.0 Å². The Labute approximate surface area is 205 Å². The molecule has 0 fully saturated rings. The number of rotatable bonds is 5. The Morgan fingerprint density at radius 1 is 1.00 bits per heavy atom. The number of methoxy groups -OCH3 is 1. The fourth-order valence-electron chi connectivity index (χ4n) is 4.81. The number of H-pyrrole nitrogens is 1. The molecule has 1 N–H and O–H groups in total. The molecule has 0 spiro atoms. The molecule has 1 aliphatic heterocycles. The Kier molecular flexibility index (Phi) is 5.03. The number of aromatic amines is 1. The molecule has 1 aliphatic rings. The zero-order valence-corrected chi connectivity index (χ0v) is 20.1. The second-order valence-corrected chi connectivity index (χ2v) is 8.45. The Bertz CT molecular complexity index is 1650. The van der Waals surface area contributed by atoms with E-state index >= 15 is 0 Å². The van der Waals surface area contributed by atoms with E-state index in [1.54, 1.807) is 13.2 Å². The molecule has 0 saturated heterocycles. The number of hydrogen-bond donors (Lipinski definition) is 1. The average Bonchev–Trinajstić information content (AvgIpc) is 3.40. The van der Waals surface area contributed by atoms with Crippen LogP contribution in [0.1, 0.15) is 17.3 Å². The first kappa shape index (κ1) is 21.9. The van der Waals surface area contributed by atoms with E-state index in [2.05, 4.69) is 15.1 Å². The van der Waals surface area contributed by atoms with Crippen molar-refractivity contribution in [2.24, 2.45) is 0 Å². The first-order chi connectivity index (χ1) is 17.5. The quantitative estimate of drug-likeness (QED) is 0.353. The standard InChI is InChI=1S/C26H22N4O6/c1-12-21(13(2)36-30-12)17-9-18-16(10-20(17)32-4)22-23(27-14(3)28-26(22)29-18)15-5-6-19(35-11-31)25-24(15)33-7-8-34-25/h5-6,9-11H,7-8H2,1-4H3,(H,27,28,29). The first-order valence-electron chi connectivity index (χ1n) is 11.3. The molecular weight excluding hydrogens is 464 g/mol. The summed E-state index contributed by atoms with van der Waals surface area (Å²) in [6.07, 6.45) is 0. The van der Waals surface area contributed by atoms with E-state index in [9.17, 15) is 4.79 Å². The highest BCUT2D eigenvalue weighted by Crippen LogP contribution is 2.48. The minimum absolute atomic E-state index is 0.287. The number of ether oxygens (including phenoxy) is 4. The monoisotopic (exact) mass is 486 g/mol. The smallest absolute Gasteiger partial charge is 0.298 e. The van der Waals surface area contributed by atoms with Gasteiger partial charge in [-0.2, -0.15) is 0 Å². The third-order valence-corrected chi connectivity index (χ3v) is 6.27. The highest BCUT2D eigenvalue weighted by atomic mass is 16.6. The second kappa shape index (κ2) is 8.26. The molecule has 5 aromatic rings. The van der Waals surface area contributed by atoms with Gasteiger partial charge in [0, 0.05) is 22.0 Å². The zero-order chi connectivity index (χ0) is 25.0. The first-order valence-corrected chi connectivity index (χ1v) is 11.3. The molecule has 0 saturated carbocycles. The lowest BCUT2D eigenvalue weighted by molar-refractivity contribution is -0.120. The van der Waals surface area contributed by atoms with E-state index in [0.29, 0.717) is 65.4 Å². The molecule has 4 heterocycles. The van der Waals surface area contributed by atoms with Gasteiger partial charge in [0.1, 0.15) is 36.2 Å². The summed E-state index contributed by atoms with van der Waals surface area (Å²) in [4.78, 5) is 23.9. The van der Waals surface area contributed by atoms with Crippen LogP contribution in [0.15, 0.2) is 28.8 Å². The molecule has 3 aromatic heterocycles. The van der Waals surface area contributed by atoms with Crippen LogP contribution in [0.2, 0.25) is 0 Å². The highest BCUT2D eigenvalue weighted by Gasteiger charge is 2.26. The van der Waals surface area contributed by atoms with Crippen LogP contribution >= 0.6 is 0 Å². The largest absolute Gasteiger partial charge is 0.496 e. The molecule has 10 heteroatoms. The summed E-state index contributed by atoms with van der Waals surface area (Å²) in [5, 5.41) is 5.78. The normalized spacial score (nSPS) is 12.8. The molecule has 6 rings (SSSR count). The summed E-state index contributed by atoms with van der Waals surface area (Å²) in [6.45, 7) is 6.68. The van der Waals surface area contributed by atoms with Gasteiger partial charge in [-0.3, -0.25) is 4.79 Å². The van der Waals surface area contributed by atoms with Crippen LogP contribution in [0.25, 0.3) is 44.3 Å². The second-order valence-electron chi connectivity index (χ2n) is 8.45. The van der Waals surface area contributed by atoms with Crippen molar-refractivity contribution in [1.82, 2.24) is 20.1 Å². The molecule has 36 heavy (non-hydrogen) atoms. The Balaban J connectivity index is 1.65. The predicted molar refractivity (Wildman–Crippen MR) is 131 cm³/mol. The van der Waals surface area contributed by atoms with Crippen molar-refractivity contribution >= 4 is 28.4 Å². The number of fused-ring (bicyclic) bond motifs is 4. The summed E-state index contributed by atoms with van der Waals surface area (Å²) in [6, 6.07) is 7.45. The average molecular weight is 486 g/mol. The maximum atomic E-state index is 11.0. The van der Waals surface area contributed by atoms with Crippen LogP contribution in [0, 0.1) is 20.8 Å². The lowest BCUT2D eigenvalue weighted by Gasteiger charge is -2.22. The number of hydrogen-bond acceptors (Lipinski definition) is 9. The lowest BCUT2D eigenvalue weighted by Crippen LogP contribution is -2.17. The van der Waals surface area contributed by atoms with Gasteiger partial charge in [0.05, 0.1) is 29.4 Å². The van der Waals surface area contributed by atoms with Crippen LogP contribution in [-0.2, 0) is 4.79 Å². The Hall–Kier alpha value is -4.60. The van der Waals surface area contributed by atoms with Crippen LogP contribution in [0.5, 0.6) is 23.0 Å². The molecule has 0 amide bonds. The van der Waals surface area contributed by atoms with Gasteiger partial charge in [0.15, 0.2) is 11.5 Å². The van der Waals surface area contributed by atoms with Crippen molar-refractivity contribution in [3.63, 3.8) is 0 Å². The fourth-order valence-corrected chi connectivity index (χ4v) is 4.81. The van der Waals surface area contributed by atoms with Crippen molar-refractivity contribution in [3.05, 3.63) is 41.5 Å². The topological polar surface area (TPSA) is 122 Å². The number of aryl methyl sites for hydroxylation is 3. The summed E-state index contributed by atoms with van der Waals surface area (Å²) in [5.41, 5.74) is 5.42. The van der Waals surface area contributed by atoms with Crippen molar-refractivity contribution in [2.45, 2.75) is 20.8 Å². The van der Waals surface area contributed by atoms with Crippen molar-refractivity contribution in [3.8, 4) is 45.4 Å². The zero-order valence-electron chi connectivity index (χ0n) is 20.1. The minimum atomic E-state index is 0.287. The number of carbonyl (C=O) groups excluding carboxylic acids is 1. The van der Waals surface area contributed by atoms with Gasteiger partial charge in [-0.1, -0.05) is 5.16 Å². The van der Waals surface area contributed by atoms with Gasteiger partial charge in [-0.15, -0.1) is 0 Å². The molecule has 2 aromatic carbocycles. The van der Waals surface area contributed by atoms with Gasteiger partial charge in [0.2, 0.25) is 5.75 Å². The molecule has 0 atom stereocenters. The maximum absolute atomic E-state index is 11.0. The summed E-state index contributed by atoms with van der Waals surface area (Å²) in [7, 11) is 1.63. The van der Waals surface area contributed by atoms with Gasteiger partial charge >= 0.3 is 0 Å². The van der Waals surface area contributed by atoms with E-state index in [-0.39, 0.29) is 5.75 Å². The number of carbonyl (C=O) groups is 1. The van der Waals surface area contributed by atoms with Gasteiger partial charge in [0.25, 0.3) is 6.47 Å². The summed E-state index contributed by atoms with van der Waals surface area (Å²) >= 11 is 0. The SMILES string of the molecule is COc1cc2c(cc1-c1c(C)noc1C)[nH]c1nc(C)nc(-c3ccc(OC=O)c4c3OCCO4)c12. The number of nitrogens with one attached hydrogen (secondary N) is 1. The van der Waals surface area contributed by atoms with Crippen LogP contribution in [0.4, 0.5) is 0 Å². The fraction of sp³-hybridized carbons (Fsp3) is 0.231. The number of nitrogens with zero attached hydrogens (tertiary/aromatic N) is 3. The lowest BCUT2D eigenvalue weighted by atomic mass is 9.99. The molecule has 0 radical (unpaired) electrons. The third-order valence-electron chi connectivity index (χ3n) is 6.27. The van der Waals surface area contributed by atoms with Crippen LogP contribution < -0.4 is 18.9 Å². The van der Waals surface area contributed by atoms with Crippen LogP contribution in [0.3, 0.4) is 0 Å². The van der Waals surface area contributed by atoms with E-state index < -0.39 is 0 Å². The summed E-state index contributed by atoms with van der Waals surface area (Å²) in [5.74, 6) is 3.08. The van der Waals surface area contributed by atoms with Crippen molar-refractivity contribution in [2.75, 3.05) is 20.3 Å². The van der Waals surface area contributed by atoms with Gasteiger partial charge < -0.3 is 28.5 Å². The molecule has 10 nitrogen and oxygen atoms in total. The number of aromatic nitrogens is 4. The molecular formula is C26H22N4O6. The maximum Gasteiger partial charge on any atom is 0.298 e. The Morgan fingerprint density at radius 2 is 1.81 bits per heavy atom. The van der Waals surface area contributed by atoms with Gasteiger partial charge in [-0.25, -0.2) is 9.97 Å². The summed E-state index contributed by atoms with van der Waals surface area (Å²) < 4.78 is 28.1. The predicted octanol–water partition coefficient (Wildman–Crippen LogP) is 4.67. The van der Waals surface area contributed by atoms with E-state index in [1.165, 1.54) is 0 Å². The van der Waals surface area contributed by atoms with Crippen molar-refractivity contribution < 1.29 is 28.3 Å². The highest BCUT2D eigenvalue weighted by molar-refractivity contribution is 6.14. The molecule has 0 aliphatic carbocycles. The number of benzene rings is 2. The van der Waals surface area contributed by atoms with E-state index in [0.717, 1.165) is 33.1 Å². The molecule has 182 valence electrons. The molecule has 0 bridgehead atoms. The van der Waals surface area contributed by atoms with Gasteiger partial charge in [-0.05, 0) is 45.0 Å². The van der Waals surface area contributed by atoms with E-state index in [4.69, 9.17) is 28.5 Å². The third kappa shape index (κ3) is 3.25. The van der Waals surface area contributed by atoms with Crippen LogP contribution in [-0.4, -0.2) is 46.9 Å². The van der Waals surface area contributed by atoms with Crippen molar-refractivity contribution in [1.29, 1.82) is 0 Å².